The van der Waals surface area contributed by atoms with Crippen LogP contribution in [0.25, 0.3) is 4.85 Å². The van der Waals surface area contributed by atoms with Gasteiger partial charge >= 0.3 is 0 Å². The van der Waals surface area contributed by atoms with Crippen molar-refractivity contribution in [1.82, 2.24) is 20.4 Å². The molecule has 2 aromatic carbocycles. The second kappa shape index (κ2) is 12.6. The Balaban J connectivity index is 1.17. The highest BCUT2D eigenvalue weighted by atomic mass is 32.1. The number of benzene rings is 2. The van der Waals surface area contributed by atoms with E-state index in [1.165, 1.54) is 22.7 Å². The Morgan fingerprint density at radius 1 is 0.875 bits per heavy atom. The van der Waals surface area contributed by atoms with E-state index in [1.807, 2.05) is 6.07 Å². The third-order valence-corrected chi connectivity index (χ3v) is 8.70. The highest BCUT2D eigenvalue weighted by molar-refractivity contribution is 7.15. The minimum Gasteiger partial charge on any atom is -0.300 e. The topological polar surface area (TPSA) is 138 Å². The zero-order valence-corrected chi connectivity index (χ0v) is 23.0. The molecular weight excluding hydrogens is 544 g/mol. The van der Waals surface area contributed by atoms with Crippen LogP contribution in [0.1, 0.15) is 64.2 Å². The summed E-state index contributed by atoms with van der Waals surface area (Å²) < 4.78 is 0. The number of nitrogens with zero attached hydrogens (tertiary/aromatic N) is 6. The summed E-state index contributed by atoms with van der Waals surface area (Å²) in [5, 5.41) is 34.6. The standard InChI is InChI=1S/C28H24N8O2S2/c1-30-22-12-5-4-8-18(22)15-24(38)32-28-36-34-26(40-28)20-11-6-10-19(13-20)25-33-35-27(39-25)31-23(37)14-17-7-2-3-9-21(17)16-29/h2-5,7-9,12,19-20H,6,10-11,13-15H2,(H,31,35,37)(H,32,36,38)/t19-,20-/m0/s1. The van der Waals surface area contributed by atoms with Crippen molar-refractivity contribution in [2.45, 2.75) is 50.4 Å². The van der Waals surface area contributed by atoms with Crippen molar-refractivity contribution >= 4 is 50.4 Å². The van der Waals surface area contributed by atoms with Crippen LogP contribution in [0, 0.1) is 17.9 Å². The minimum absolute atomic E-state index is 0.0894. The van der Waals surface area contributed by atoms with Crippen molar-refractivity contribution in [2.75, 3.05) is 10.6 Å². The molecule has 2 N–H and O–H groups in total. The molecule has 40 heavy (non-hydrogen) atoms. The molecule has 1 fully saturated rings. The SMILES string of the molecule is [C-]#[N+]c1ccccc1CC(=O)Nc1nnc([C@H]2CCC[C@H](c3nnc(NC(=O)Cc4ccccc4C#N)s3)C2)s1. The van der Waals surface area contributed by atoms with Gasteiger partial charge in [-0.3, -0.25) is 9.59 Å². The Morgan fingerprint density at radius 2 is 1.43 bits per heavy atom. The maximum absolute atomic E-state index is 12.6. The van der Waals surface area contributed by atoms with E-state index in [2.05, 4.69) is 41.9 Å². The Kier molecular flexibility index (Phi) is 8.50. The molecule has 0 unspecified atom stereocenters. The first-order chi connectivity index (χ1) is 19.5. The first kappa shape index (κ1) is 27.1. The van der Waals surface area contributed by atoms with Crippen LogP contribution < -0.4 is 10.6 Å². The molecule has 0 saturated heterocycles. The summed E-state index contributed by atoms with van der Waals surface area (Å²) in [5.41, 5.74) is 2.29. The van der Waals surface area contributed by atoms with Crippen LogP contribution >= 0.6 is 22.7 Å². The molecule has 12 heteroatoms. The van der Waals surface area contributed by atoms with E-state index in [9.17, 15) is 14.9 Å². The number of amides is 2. The lowest BCUT2D eigenvalue weighted by Crippen LogP contribution is -2.15. The Bertz CT molecular complexity index is 1500. The molecule has 2 heterocycles. The van der Waals surface area contributed by atoms with Crippen LogP contribution in [0.4, 0.5) is 16.0 Å². The van der Waals surface area contributed by atoms with Crippen LogP contribution in [-0.2, 0) is 22.4 Å². The molecule has 5 rings (SSSR count). The third kappa shape index (κ3) is 6.54. The molecule has 0 aliphatic heterocycles. The fourth-order valence-electron chi connectivity index (χ4n) is 4.76. The van der Waals surface area contributed by atoms with Gasteiger partial charge in [0.1, 0.15) is 10.0 Å². The monoisotopic (exact) mass is 568 g/mol. The smallest absolute Gasteiger partial charge is 0.230 e. The minimum atomic E-state index is -0.243. The molecular formula is C28H24N8O2S2. The molecule has 2 amide bonds. The molecule has 1 saturated carbocycles. The lowest BCUT2D eigenvalue weighted by molar-refractivity contribution is -0.116. The van der Waals surface area contributed by atoms with Gasteiger partial charge in [0.15, 0.2) is 5.69 Å². The average molecular weight is 569 g/mol. The molecule has 2 aromatic heterocycles. The maximum Gasteiger partial charge on any atom is 0.230 e. The van der Waals surface area contributed by atoms with Gasteiger partial charge in [-0.05, 0) is 36.5 Å². The number of aromatic nitrogens is 4. The predicted molar refractivity (Wildman–Crippen MR) is 152 cm³/mol. The first-order valence-corrected chi connectivity index (χ1v) is 14.4. The number of anilines is 2. The zero-order valence-electron chi connectivity index (χ0n) is 21.3. The van der Waals surface area contributed by atoms with E-state index in [4.69, 9.17) is 6.57 Å². The lowest BCUT2D eigenvalue weighted by atomic mass is 9.82. The van der Waals surface area contributed by atoms with Gasteiger partial charge in [0.25, 0.3) is 0 Å². The fourth-order valence-corrected chi connectivity index (χ4v) is 6.58. The number of hydrogen-bond acceptors (Lipinski definition) is 9. The molecule has 0 spiro atoms. The molecule has 4 aromatic rings. The highest BCUT2D eigenvalue weighted by Gasteiger charge is 2.29. The quantitative estimate of drug-likeness (QED) is 0.263. The van der Waals surface area contributed by atoms with E-state index >= 15 is 0 Å². The van der Waals surface area contributed by atoms with E-state index in [0.29, 0.717) is 32.6 Å². The molecule has 0 radical (unpaired) electrons. The van der Waals surface area contributed by atoms with Gasteiger partial charge in [0.2, 0.25) is 22.1 Å². The van der Waals surface area contributed by atoms with Gasteiger partial charge in [-0.25, -0.2) is 4.85 Å². The van der Waals surface area contributed by atoms with E-state index in [-0.39, 0.29) is 36.5 Å². The predicted octanol–water partition coefficient (Wildman–Crippen LogP) is 5.62. The van der Waals surface area contributed by atoms with Gasteiger partial charge in [-0.15, -0.1) is 20.4 Å². The van der Waals surface area contributed by atoms with Gasteiger partial charge in [-0.2, -0.15) is 5.26 Å². The molecule has 2 atom stereocenters. The second-order valence-corrected chi connectivity index (χ2v) is 11.4. The summed E-state index contributed by atoms with van der Waals surface area (Å²) >= 11 is 2.75. The van der Waals surface area contributed by atoms with Crippen molar-refractivity contribution in [1.29, 1.82) is 5.26 Å². The largest absolute Gasteiger partial charge is 0.300 e. The van der Waals surface area contributed by atoms with Crippen LogP contribution in [0.3, 0.4) is 0 Å². The number of carbonyl (C=O) groups excluding carboxylic acids is 2. The van der Waals surface area contributed by atoms with Gasteiger partial charge < -0.3 is 10.6 Å². The van der Waals surface area contributed by atoms with E-state index in [1.54, 1.807) is 42.5 Å². The van der Waals surface area contributed by atoms with Crippen LogP contribution in [-0.4, -0.2) is 32.2 Å². The van der Waals surface area contributed by atoms with Gasteiger partial charge in [0, 0.05) is 18.3 Å². The second-order valence-electron chi connectivity index (χ2n) is 9.41. The summed E-state index contributed by atoms with van der Waals surface area (Å²) in [7, 11) is 0. The molecule has 10 nitrogen and oxygen atoms in total. The fraction of sp³-hybridized carbons (Fsp3) is 0.286. The maximum atomic E-state index is 12.6. The summed E-state index contributed by atoms with van der Waals surface area (Å²) in [6.45, 7) is 7.27. The highest BCUT2D eigenvalue weighted by Crippen LogP contribution is 2.43. The number of rotatable bonds is 8. The number of nitriles is 1. The van der Waals surface area contributed by atoms with Crippen molar-refractivity contribution in [2.24, 2.45) is 0 Å². The third-order valence-electron chi connectivity index (χ3n) is 6.70. The summed E-state index contributed by atoms with van der Waals surface area (Å²) in [5.74, 6) is -0.102. The van der Waals surface area contributed by atoms with E-state index < -0.39 is 0 Å². The summed E-state index contributed by atoms with van der Waals surface area (Å²) in [6, 6.07) is 16.2. The number of para-hydroxylation sites is 1. The van der Waals surface area contributed by atoms with Gasteiger partial charge in [-0.1, -0.05) is 71.6 Å². The summed E-state index contributed by atoms with van der Waals surface area (Å²) in [6.07, 6.45) is 3.96. The van der Waals surface area contributed by atoms with Crippen LogP contribution in [0.15, 0.2) is 48.5 Å². The lowest BCUT2D eigenvalue weighted by Gasteiger charge is -2.25. The Labute approximate surface area is 238 Å². The van der Waals surface area contributed by atoms with E-state index in [0.717, 1.165) is 35.7 Å². The number of carbonyl (C=O) groups is 2. The zero-order chi connectivity index (χ0) is 27.9. The number of hydrogen-bond donors (Lipinski definition) is 2. The first-order valence-electron chi connectivity index (χ1n) is 12.7. The Hall–Kier alpha value is -4.52. The molecule has 1 aliphatic rings. The molecule has 200 valence electrons. The van der Waals surface area contributed by atoms with Gasteiger partial charge in [0.05, 0.1) is 24.6 Å². The average Bonchev–Trinajstić information content (AvgIpc) is 3.63. The molecule has 0 bridgehead atoms. The van der Waals surface area contributed by atoms with Crippen LogP contribution in [0.5, 0.6) is 0 Å². The van der Waals surface area contributed by atoms with Crippen LogP contribution in [0.2, 0.25) is 0 Å². The normalized spacial score (nSPS) is 16.4. The van der Waals surface area contributed by atoms with Crippen molar-refractivity contribution in [3.05, 3.63) is 86.7 Å². The van der Waals surface area contributed by atoms with Crippen molar-refractivity contribution in [3.63, 3.8) is 0 Å². The molecule has 1 aliphatic carbocycles. The van der Waals surface area contributed by atoms with Crippen molar-refractivity contribution in [3.8, 4) is 6.07 Å². The Morgan fingerprint density at radius 3 is 2.02 bits per heavy atom. The summed E-state index contributed by atoms with van der Waals surface area (Å²) in [4.78, 5) is 28.6. The van der Waals surface area contributed by atoms with Crippen molar-refractivity contribution < 1.29 is 9.59 Å². The number of nitrogens with one attached hydrogen (secondary N) is 2.